The quantitative estimate of drug-likeness (QED) is 0.906. The largest absolute Gasteiger partial charge is 0.329 e. The summed E-state index contributed by atoms with van der Waals surface area (Å²) in [6.45, 7) is 6.29. The summed E-state index contributed by atoms with van der Waals surface area (Å²) in [4.78, 5) is 14.5. The zero-order valence-electron chi connectivity index (χ0n) is 13.3. The van der Waals surface area contributed by atoms with Crippen molar-refractivity contribution < 1.29 is 4.79 Å². The van der Waals surface area contributed by atoms with Crippen LogP contribution in [0.3, 0.4) is 0 Å². The Bertz CT molecular complexity index is 542. The van der Waals surface area contributed by atoms with E-state index in [1.54, 1.807) is 0 Å². The average Bonchev–Trinajstić information content (AvgIpc) is 3.24. The highest BCUT2D eigenvalue weighted by atomic mass is 16.2. The van der Waals surface area contributed by atoms with Gasteiger partial charge in [-0.3, -0.25) is 4.79 Å². The first-order chi connectivity index (χ1) is 9.88. The molecule has 2 atom stereocenters. The molecule has 114 valence electrons. The Hall–Kier alpha value is -1.35. The first-order valence-electron chi connectivity index (χ1n) is 8.05. The molecule has 1 aromatic carbocycles. The fourth-order valence-corrected chi connectivity index (χ4v) is 3.52. The number of hydrogen-bond acceptors (Lipinski definition) is 2. The topological polar surface area (TPSA) is 46.3 Å². The number of likely N-dealkylation sites (tertiary alicyclic amines) is 1. The maximum atomic E-state index is 12.5. The van der Waals surface area contributed by atoms with Crippen molar-refractivity contribution >= 4 is 5.91 Å². The van der Waals surface area contributed by atoms with Gasteiger partial charge in [0.25, 0.3) is 0 Å². The Balaban J connectivity index is 1.99. The molecule has 0 radical (unpaired) electrons. The van der Waals surface area contributed by atoms with E-state index in [0.29, 0.717) is 6.42 Å². The molecule has 0 aromatic heterocycles. The van der Waals surface area contributed by atoms with Gasteiger partial charge in [-0.05, 0) is 57.1 Å². The van der Waals surface area contributed by atoms with E-state index in [0.717, 1.165) is 12.3 Å². The number of hydrogen-bond donors (Lipinski definition) is 1. The van der Waals surface area contributed by atoms with Gasteiger partial charge in [0.1, 0.15) is 0 Å². The maximum absolute atomic E-state index is 12.5. The first kappa shape index (κ1) is 14.6. The molecule has 1 aromatic rings. The predicted octanol–water partition coefficient (Wildman–Crippen LogP) is 3.35. The normalized spacial score (nSPS) is 27.0. The molecule has 1 saturated carbocycles. The fraction of sp³-hybridized carbons (Fsp3) is 0.611. The predicted molar refractivity (Wildman–Crippen MR) is 85.0 cm³/mol. The van der Waals surface area contributed by atoms with Crippen LogP contribution in [-0.4, -0.2) is 22.4 Å². The van der Waals surface area contributed by atoms with Crippen molar-refractivity contribution in [2.45, 2.75) is 70.0 Å². The Labute approximate surface area is 127 Å². The van der Waals surface area contributed by atoms with Gasteiger partial charge in [-0.25, -0.2) is 0 Å². The fourth-order valence-electron chi connectivity index (χ4n) is 3.52. The van der Waals surface area contributed by atoms with Gasteiger partial charge in [-0.1, -0.05) is 24.3 Å². The van der Waals surface area contributed by atoms with E-state index in [-0.39, 0.29) is 23.5 Å². The number of carbonyl (C=O) groups is 1. The van der Waals surface area contributed by atoms with Gasteiger partial charge in [0.2, 0.25) is 5.91 Å². The number of benzene rings is 1. The van der Waals surface area contributed by atoms with Crippen molar-refractivity contribution in [2.24, 2.45) is 5.73 Å². The maximum Gasteiger partial charge on any atom is 0.223 e. The molecular formula is C18H26N2O. The number of nitrogens with zero attached hydrogens (tertiary/aromatic N) is 1. The van der Waals surface area contributed by atoms with Crippen molar-refractivity contribution in [3.8, 4) is 0 Å². The molecule has 2 fully saturated rings. The van der Waals surface area contributed by atoms with Gasteiger partial charge < -0.3 is 10.6 Å². The van der Waals surface area contributed by atoms with Gasteiger partial charge in [-0.2, -0.15) is 0 Å². The molecule has 2 unspecified atom stereocenters. The highest BCUT2D eigenvalue weighted by Crippen LogP contribution is 2.42. The third-order valence-electron chi connectivity index (χ3n) is 4.67. The lowest BCUT2D eigenvalue weighted by molar-refractivity contribution is -0.144. The Kier molecular flexibility index (Phi) is 3.56. The second kappa shape index (κ2) is 5.13. The van der Waals surface area contributed by atoms with E-state index in [9.17, 15) is 4.79 Å². The highest BCUT2D eigenvalue weighted by Gasteiger charge is 2.40. The molecule has 1 heterocycles. The first-order valence-corrected chi connectivity index (χ1v) is 8.05. The summed E-state index contributed by atoms with van der Waals surface area (Å²) < 4.78 is 0. The van der Waals surface area contributed by atoms with Gasteiger partial charge in [0, 0.05) is 18.0 Å². The molecule has 3 nitrogen and oxygen atoms in total. The van der Waals surface area contributed by atoms with Crippen LogP contribution in [0.1, 0.15) is 69.5 Å². The van der Waals surface area contributed by atoms with Gasteiger partial charge in [-0.15, -0.1) is 0 Å². The lowest BCUT2D eigenvalue weighted by Crippen LogP contribution is -2.56. The van der Waals surface area contributed by atoms with E-state index >= 15 is 0 Å². The minimum absolute atomic E-state index is 0.00458. The zero-order chi connectivity index (χ0) is 15.2. The van der Waals surface area contributed by atoms with E-state index in [1.807, 2.05) is 4.90 Å². The second-order valence-corrected chi connectivity index (χ2v) is 7.53. The van der Waals surface area contributed by atoms with Crippen LogP contribution in [0.25, 0.3) is 0 Å². The van der Waals surface area contributed by atoms with Crippen molar-refractivity contribution in [3.05, 3.63) is 35.4 Å². The van der Waals surface area contributed by atoms with Crippen LogP contribution >= 0.6 is 0 Å². The monoisotopic (exact) mass is 286 g/mol. The van der Waals surface area contributed by atoms with E-state index in [1.165, 1.54) is 24.0 Å². The lowest BCUT2D eigenvalue weighted by Gasteiger charge is -2.47. The van der Waals surface area contributed by atoms with Crippen molar-refractivity contribution in [1.29, 1.82) is 0 Å². The van der Waals surface area contributed by atoms with Crippen LogP contribution in [0.15, 0.2) is 24.3 Å². The zero-order valence-corrected chi connectivity index (χ0v) is 13.3. The minimum atomic E-state index is -0.199. The Morgan fingerprint density at radius 1 is 1.14 bits per heavy atom. The molecule has 3 heteroatoms. The summed E-state index contributed by atoms with van der Waals surface area (Å²) in [5, 5.41) is 0. The van der Waals surface area contributed by atoms with Gasteiger partial charge >= 0.3 is 0 Å². The SMILES string of the molecule is CC(C)(C)N1C(=O)CCC(N)C1c1cccc(C2CC2)c1. The van der Waals surface area contributed by atoms with Crippen LogP contribution in [0.4, 0.5) is 0 Å². The molecule has 2 aliphatic rings. The number of piperidine rings is 1. The second-order valence-electron chi connectivity index (χ2n) is 7.53. The summed E-state index contributed by atoms with van der Waals surface area (Å²) >= 11 is 0. The summed E-state index contributed by atoms with van der Waals surface area (Å²) in [5.41, 5.74) is 8.82. The molecule has 1 amide bonds. The van der Waals surface area contributed by atoms with Crippen LogP contribution in [0.2, 0.25) is 0 Å². The number of carbonyl (C=O) groups excluding carboxylic acids is 1. The van der Waals surface area contributed by atoms with Gasteiger partial charge in [0.15, 0.2) is 0 Å². The van der Waals surface area contributed by atoms with E-state index < -0.39 is 0 Å². The van der Waals surface area contributed by atoms with Crippen LogP contribution in [0, 0.1) is 0 Å². The van der Waals surface area contributed by atoms with Gasteiger partial charge in [0.05, 0.1) is 6.04 Å². The molecule has 1 aliphatic carbocycles. The molecule has 2 N–H and O–H groups in total. The summed E-state index contributed by atoms with van der Waals surface area (Å²) in [7, 11) is 0. The number of rotatable bonds is 2. The standard InChI is InChI=1S/C18H26N2O/c1-18(2,3)20-16(21)10-9-15(19)17(20)14-6-4-5-13(11-14)12-7-8-12/h4-6,11-12,15,17H,7-10,19H2,1-3H3. The minimum Gasteiger partial charge on any atom is -0.329 e. The molecule has 0 spiro atoms. The molecular weight excluding hydrogens is 260 g/mol. The molecule has 1 saturated heterocycles. The smallest absolute Gasteiger partial charge is 0.223 e. The number of amides is 1. The van der Waals surface area contributed by atoms with Crippen molar-refractivity contribution in [2.75, 3.05) is 0 Å². The lowest BCUT2D eigenvalue weighted by atomic mass is 9.86. The molecule has 21 heavy (non-hydrogen) atoms. The summed E-state index contributed by atoms with van der Waals surface area (Å²) in [6, 6.07) is 8.77. The third kappa shape index (κ3) is 2.84. The molecule has 0 bridgehead atoms. The highest BCUT2D eigenvalue weighted by molar-refractivity contribution is 5.78. The van der Waals surface area contributed by atoms with Crippen LogP contribution < -0.4 is 5.73 Å². The van der Waals surface area contributed by atoms with Crippen molar-refractivity contribution in [1.82, 2.24) is 4.90 Å². The Morgan fingerprint density at radius 3 is 2.43 bits per heavy atom. The Morgan fingerprint density at radius 2 is 1.81 bits per heavy atom. The van der Waals surface area contributed by atoms with Crippen molar-refractivity contribution in [3.63, 3.8) is 0 Å². The van der Waals surface area contributed by atoms with Crippen LogP contribution in [-0.2, 0) is 4.79 Å². The summed E-state index contributed by atoms with van der Waals surface area (Å²) in [5.74, 6) is 0.953. The van der Waals surface area contributed by atoms with Crippen LogP contribution in [0.5, 0.6) is 0 Å². The molecule has 3 rings (SSSR count). The molecule has 1 aliphatic heterocycles. The van der Waals surface area contributed by atoms with E-state index in [4.69, 9.17) is 5.73 Å². The third-order valence-corrected chi connectivity index (χ3v) is 4.67. The average molecular weight is 286 g/mol. The van der Waals surface area contributed by atoms with E-state index in [2.05, 4.69) is 45.0 Å². The number of nitrogens with two attached hydrogens (primary N) is 1. The summed E-state index contributed by atoms with van der Waals surface area (Å²) in [6.07, 6.45) is 3.94.